The first kappa shape index (κ1) is 19.5. The third-order valence-electron chi connectivity index (χ3n) is 5.48. The molecule has 1 N–H and O–H groups in total. The van der Waals surface area contributed by atoms with Crippen LogP contribution in [0, 0.1) is 0 Å². The van der Waals surface area contributed by atoms with Crippen LogP contribution < -0.4 is 9.62 Å². The van der Waals surface area contributed by atoms with Crippen molar-refractivity contribution in [2.45, 2.75) is 32.2 Å². The topological polar surface area (TPSA) is 66.5 Å². The summed E-state index contributed by atoms with van der Waals surface area (Å²) >= 11 is 0. The van der Waals surface area contributed by atoms with Crippen LogP contribution in [0.15, 0.2) is 60.7 Å². The van der Waals surface area contributed by atoms with Crippen LogP contribution in [0.25, 0.3) is 10.8 Å². The van der Waals surface area contributed by atoms with Crippen molar-refractivity contribution in [1.29, 1.82) is 0 Å². The Balaban J connectivity index is 1.71. The van der Waals surface area contributed by atoms with Crippen molar-refractivity contribution in [3.8, 4) is 0 Å². The summed E-state index contributed by atoms with van der Waals surface area (Å²) in [5.74, 6) is -0.333. The van der Waals surface area contributed by atoms with Gasteiger partial charge in [0, 0.05) is 11.1 Å². The summed E-state index contributed by atoms with van der Waals surface area (Å²) in [6.07, 6.45) is 3.51. The quantitative estimate of drug-likeness (QED) is 0.667. The zero-order chi connectivity index (χ0) is 20.6. The van der Waals surface area contributed by atoms with Gasteiger partial charge in [-0.25, -0.2) is 8.42 Å². The molecule has 150 valence electrons. The molecule has 0 saturated carbocycles. The summed E-state index contributed by atoms with van der Waals surface area (Å²) in [7, 11) is -3.64. The largest absolute Gasteiger partial charge is 0.324 e. The number of amides is 1. The standard InChI is InChI=1S/C23H24N2O3S/c1-3-21(25(29(2,27)28)18-9-5-4-6-10-18)23(26)24-20-15-14-17-13-12-16-8-7-11-19(20)22(16)17/h4-11,14-15,21H,3,12-13H2,1-2H3,(H,24,26). The van der Waals surface area contributed by atoms with Gasteiger partial charge in [-0.1, -0.05) is 49.4 Å². The van der Waals surface area contributed by atoms with Gasteiger partial charge in [0.2, 0.25) is 15.9 Å². The Morgan fingerprint density at radius 1 is 1.00 bits per heavy atom. The maximum absolute atomic E-state index is 13.2. The van der Waals surface area contributed by atoms with E-state index < -0.39 is 16.1 Å². The van der Waals surface area contributed by atoms with Crippen molar-refractivity contribution in [2.75, 3.05) is 15.9 Å². The second-order valence-corrected chi connectivity index (χ2v) is 9.28. The molecular formula is C23H24N2O3S. The monoisotopic (exact) mass is 408 g/mol. The maximum Gasteiger partial charge on any atom is 0.248 e. The molecule has 1 unspecified atom stereocenters. The Kier molecular flexibility index (Phi) is 5.04. The highest BCUT2D eigenvalue weighted by Crippen LogP contribution is 2.35. The summed E-state index contributed by atoms with van der Waals surface area (Å²) in [4.78, 5) is 13.2. The van der Waals surface area contributed by atoms with E-state index in [2.05, 4.69) is 17.4 Å². The van der Waals surface area contributed by atoms with Gasteiger partial charge in [0.1, 0.15) is 6.04 Å². The number of nitrogens with zero attached hydrogens (tertiary/aromatic N) is 1. The molecule has 0 spiro atoms. The van der Waals surface area contributed by atoms with Crippen LogP contribution in [0.5, 0.6) is 0 Å². The van der Waals surface area contributed by atoms with Gasteiger partial charge >= 0.3 is 0 Å². The van der Waals surface area contributed by atoms with E-state index in [0.717, 1.165) is 30.2 Å². The first-order valence-corrected chi connectivity index (χ1v) is 11.6. The van der Waals surface area contributed by atoms with Gasteiger partial charge < -0.3 is 5.32 Å². The minimum atomic E-state index is -3.64. The van der Waals surface area contributed by atoms with Crippen molar-refractivity contribution in [3.63, 3.8) is 0 Å². The third kappa shape index (κ3) is 3.60. The highest BCUT2D eigenvalue weighted by atomic mass is 32.2. The number of para-hydroxylation sites is 1. The van der Waals surface area contributed by atoms with Gasteiger partial charge in [-0.2, -0.15) is 0 Å². The van der Waals surface area contributed by atoms with Crippen LogP contribution in [0.1, 0.15) is 24.5 Å². The van der Waals surface area contributed by atoms with Crippen molar-refractivity contribution in [1.82, 2.24) is 0 Å². The molecule has 1 atom stereocenters. The van der Waals surface area contributed by atoms with E-state index in [9.17, 15) is 13.2 Å². The summed E-state index contributed by atoms with van der Waals surface area (Å²) < 4.78 is 26.3. The Morgan fingerprint density at radius 3 is 2.34 bits per heavy atom. The Bertz CT molecular complexity index is 1160. The molecule has 0 aliphatic heterocycles. The van der Waals surface area contributed by atoms with Gasteiger partial charge in [0.05, 0.1) is 11.9 Å². The van der Waals surface area contributed by atoms with Gasteiger partial charge in [-0.15, -0.1) is 0 Å². The summed E-state index contributed by atoms with van der Waals surface area (Å²) in [6.45, 7) is 1.82. The predicted octanol–water partition coefficient (Wildman–Crippen LogP) is 4.12. The second-order valence-electron chi connectivity index (χ2n) is 7.42. The molecule has 3 aromatic rings. The minimum absolute atomic E-state index is 0.333. The number of carbonyl (C=O) groups is 1. The molecule has 0 heterocycles. The van der Waals surface area contributed by atoms with E-state index in [1.54, 1.807) is 24.3 Å². The first-order valence-electron chi connectivity index (χ1n) is 9.79. The molecule has 6 heteroatoms. The molecule has 3 aromatic carbocycles. The Morgan fingerprint density at radius 2 is 1.69 bits per heavy atom. The van der Waals surface area contributed by atoms with Crippen LogP contribution in [-0.4, -0.2) is 26.6 Å². The first-order chi connectivity index (χ1) is 13.9. The molecular weight excluding hydrogens is 384 g/mol. The highest BCUT2D eigenvalue weighted by molar-refractivity contribution is 7.92. The zero-order valence-corrected chi connectivity index (χ0v) is 17.4. The van der Waals surface area contributed by atoms with E-state index >= 15 is 0 Å². The lowest BCUT2D eigenvalue weighted by Crippen LogP contribution is -2.47. The van der Waals surface area contributed by atoms with Gasteiger partial charge in [0.25, 0.3) is 0 Å². The number of anilines is 2. The molecule has 5 nitrogen and oxygen atoms in total. The van der Waals surface area contributed by atoms with Crippen LogP contribution >= 0.6 is 0 Å². The van der Waals surface area contributed by atoms with E-state index in [4.69, 9.17) is 0 Å². The molecule has 0 radical (unpaired) electrons. The fraction of sp³-hybridized carbons (Fsp3) is 0.261. The predicted molar refractivity (Wildman–Crippen MR) is 118 cm³/mol. The highest BCUT2D eigenvalue weighted by Gasteiger charge is 2.31. The normalized spacial score (nSPS) is 14.0. The minimum Gasteiger partial charge on any atom is -0.324 e. The third-order valence-corrected chi connectivity index (χ3v) is 6.66. The lowest BCUT2D eigenvalue weighted by molar-refractivity contribution is -0.117. The number of hydrogen-bond donors (Lipinski definition) is 1. The number of benzene rings is 3. The van der Waals surface area contributed by atoms with Crippen molar-refractivity contribution in [2.24, 2.45) is 0 Å². The van der Waals surface area contributed by atoms with Crippen molar-refractivity contribution in [3.05, 3.63) is 71.8 Å². The lowest BCUT2D eigenvalue weighted by Gasteiger charge is -2.30. The Labute approximate surface area is 171 Å². The average Bonchev–Trinajstić information content (AvgIpc) is 3.12. The lowest BCUT2D eigenvalue weighted by atomic mass is 10.0. The molecule has 0 aromatic heterocycles. The molecule has 1 aliphatic carbocycles. The number of aryl methyl sites for hydroxylation is 2. The van der Waals surface area contributed by atoms with E-state index in [0.29, 0.717) is 12.1 Å². The molecule has 29 heavy (non-hydrogen) atoms. The summed E-state index contributed by atoms with van der Waals surface area (Å²) in [6, 6.07) is 18.0. The molecule has 0 bridgehead atoms. The van der Waals surface area contributed by atoms with E-state index in [1.807, 2.05) is 31.2 Å². The smallest absolute Gasteiger partial charge is 0.248 e. The molecule has 0 fully saturated rings. The number of sulfonamides is 1. The van der Waals surface area contributed by atoms with Gasteiger partial charge in [0.15, 0.2) is 0 Å². The number of hydrogen-bond acceptors (Lipinski definition) is 3. The molecule has 1 amide bonds. The van der Waals surface area contributed by atoms with Crippen molar-refractivity contribution < 1.29 is 13.2 Å². The average molecular weight is 409 g/mol. The van der Waals surface area contributed by atoms with Crippen LogP contribution in [0.2, 0.25) is 0 Å². The molecule has 0 saturated heterocycles. The number of nitrogens with one attached hydrogen (secondary N) is 1. The van der Waals surface area contributed by atoms with Crippen molar-refractivity contribution >= 4 is 38.1 Å². The molecule has 1 aliphatic rings. The zero-order valence-electron chi connectivity index (χ0n) is 16.6. The number of rotatable bonds is 6. The fourth-order valence-electron chi connectivity index (χ4n) is 4.21. The van der Waals surface area contributed by atoms with Crippen LogP contribution in [0.4, 0.5) is 11.4 Å². The summed E-state index contributed by atoms with van der Waals surface area (Å²) in [5, 5.41) is 5.21. The fourth-order valence-corrected chi connectivity index (χ4v) is 5.42. The van der Waals surface area contributed by atoms with Gasteiger partial charge in [-0.3, -0.25) is 9.10 Å². The summed E-state index contributed by atoms with van der Waals surface area (Å²) in [5.41, 5.74) is 3.79. The van der Waals surface area contributed by atoms with Gasteiger partial charge in [-0.05, 0) is 54.0 Å². The Hall–Kier alpha value is -2.86. The molecule has 4 rings (SSSR count). The maximum atomic E-state index is 13.2. The van der Waals surface area contributed by atoms with E-state index in [-0.39, 0.29) is 5.91 Å². The second kappa shape index (κ2) is 7.52. The SMILES string of the molecule is CCC(C(=O)Nc1ccc2c3c(cccc13)CC2)N(c1ccccc1)S(C)(=O)=O. The van der Waals surface area contributed by atoms with Crippen LogP contribution in [-0.2, 0) is 27.7 Å². The van der Waals surface area contributed by atoms with E-state index in [1.165, 1.54) is 20.8 Å². The van der Waals surface area contributed by atoms with Crippen LogP contribution in [0.3, 0.4) is 0 Å². The number of carbonyl (C=O) groups excluding carboxylic acids is 1.